The Labute approximate surface area is 131 Å². The van der Waals surface area contributed by atoms with Crippen LogP contribution < -0.4 is 5.32 Å². The Hall–Kier alpha value is 0.140. The summed E-state index contributed by atoms with van der Waals surface area (Å²) in [6, 6.07) is 5.07. The molecule has 1 N–H and O–H groups in total. The average molecular weight is 346 g/mol. The zero-order valence-electron chi connectivity index (χ0n) is 12.4. The molecule has 0 atom stereocenters. The van der Waals surface area contributed by atoms with Crippen LogP contribution in [0.1, 0.15) is 70.1 Å². The van der Waals surface area contributed by atoms with E-state index in [1.54, 1.807) is 0 Å². The summed E-state index contributed by atoms with van der Waals surface area (Å²) in [5.41, 5.74) is 0. The van der Waals surface area contributed by atoms with Gasteiger partial charge in [0.05, 0.1) is 3.79 Å². The molecule has 1 nitrogen and oxygen atoms in total. The van der Waals surface area contributed by atoms with Gasteiger partial charge < -0.3 is 5.32 Å². The molecule has 110 valence electrons. The maximum absolute atomic E-state index is 3.76. The van der Waals surface area contributed by atoms with Crippen LogP contribution in [0.4, 0.5) is 0 Å². The summed E-state index contributed by atoms with van der Waals surface area (Å²) in [5, 5.41) is 3.76. The van der Waals surface area contributed by atoms with E-state index in [0.717, 1.165) is 6.54 Å². The molecule has 0 aliphatic carbocycles. The fraction of sp³-hybridized carbons (Fsp3) is 0.750. The second-order valence-electron chi connectivity index (χ2n) is 5.28. The third-order valence-electron chi connectivity index (χ3n) is 3.51. The van der Waals surface area contributed by atoms with Crippen LogP contribution in [-0.2, 0) is 6.54 Å². The van der Waals surface area contributed by atoms with Crippen molar-refractivity contribution in [3.63, 3.8) is 0 Å². The van der Waals surface area contributed by atoms with Gasteiger partial charge in [-0.25, -0.2) is 0 Å². The second kappa shape index (κ2) is 10.9. The third kappa shape index (κ3) is 8.11. The highest BCUT2D eigenvalue weighted by Crippen LogP contribution is 2.22. The highest BCUT2D eigenvalue weighted by atomic mass is 79.9. The van der Waals surface area contributed by atoms with Crippen LogP contribution >= 0.6 is 27.3 Å². The number of halogens is 1. The molecule has 0 aromatic carbocycles. The lowest BCUT2D eigenvalue weighted by atomic mass is 10.0. The summed E-state index contributed by atoms with van der Waals surface area (Å²) >= 11 is 5.37. The zero-order chi connectivity index (χ0) is 13.9. The lowest BCUT2D eigenvalue weighted by Gasteiger charge is -2.18. The molecular formula is C16H28BrNS. The Kier molecular flexibility index (Phi) is 9.84. The van der Waals surface area contributed by atoms with Crippen molar-refractivity contribution in [2.75, 3.05) is 0 Å². The standard InChI is InChI=1S/C16H28BrNS/c1-3-5-7-9-14(10-8-6-4-2)18-13-15-11-12-16(17)19-15/h11-12,14,18H,3-10,13H2,1-2H3. The van der Waals surface area contributed by atoms with Gasteiger partial charge in [-0.1, -0.05) is 52.4 Å². The van der Waals surface area contributed by atoms with Gasteiger partial charge in [0.25, 0.3) is 0 Å². The van der Waals surface area contributed by atoms with Crippen molar-refractivity contribution in [3.8, 4) is 0 Å². The molecule has 0 aliphatic heterocycles. The summed E-state index contributed by atoms with van der Waals surface area (Å²) in [6.45, 7) is 5.59. The fourth-order valence-corrected chi connectivity index (χ4v) is 3.76. The first kappa shape index (κ1) is 17.2. The fourth-order valence-electron chi connectivity index (χ4n) is 2.32. The van der Waals surface area contributed by atoms with Crippen molar-refractivity contribution in [1.29, 1.82) is 0 Å². The minimum Gasteiger partial charge on any atom is -0.309 e. The van der Waals surface area contributed by atoms with Gasteiger partial charge >= 0.3 is 0 Å². The molecule has 1 heterocycles. The average Bonchev–Trinajstić information content (AvgIpc) is 2.81. The van der Waals surface area contributed by atoms with E-state index in [0.29, 0.717) is 6.04 Å². The molecule has 1 rings (SSSR count). The van der Waals surface area contributed by atoms with Crippen LogP contribution in [0.25, 0.3) is 0 Å². The van der Waals surface area contributed by atoms with Crippen LogP contribution in [0, 0.1) is 0 Å². The van der Waals surface area contributed by atoms with Crippen LogP contribution in [0.15, 0.2) is 15.9 Å². The van der Waals surface area contributed by atoms with Crippen molar-refractivity contribution in [2.45, 2.75) is 77.8 Å². The third-order valence-corrected chi connectivity index (χ3v) is 5.13. The number of hydrogen-bond donors (Lipinski definition) is 1. The van der Waals surface area contributed by atoms with Crippen LogP contribution in [0.3, 0.4) is 0 Å². The quantitative estimate of drug-likeness (QED) is 0.475. The van der Waals surface area contributed by atoms with Gasteiger partial charge in [0.1, 0.15) is 0 Å². The highest BCUT2D eigenvalue weighted by Gasteiger charge is 2.08. The van der Waals surface area contributed by atoms with Gasteiger partial charge in [-0.3, -0.25) is 0 Å². The van der Waals surface area contributed by atoms with E-state index in [9.17, 15) is 0 Å². The van der Waals surface area contributed by atoms with Gasteiger partial charge in [-0.15, -0.1) is 11.3 Å². The SMILES string of the molecule is CCCCCC(CCCCC)NCc1ccc(Br)s1. The maximum atomic E-state index is 3.76. The normalized spacial score (nSPS) is 11.4. The minimum atomic E-state index is 0.707. The lowest BCUT2D eigenvalue weighted by molar-refractivity contribution is 0.419. The zero-order valence-corrected chi connectivity index (χ0v) is 14.8. The predicted octanol–water partition coefficient (Wildman–Crippen LogP) is 6.13. The molecule has 0 saturated carbocycles. The molecule has 0 bridgehead atoms. The van der Waals surface area contributed by atoms with E-state index in [4.69, 9.17) is 0 Å². The molecule has 0 spiro atoms. The number of nitrogens with one attached hydrogen (secondary N) is 1. The van der Waals surface area contributed by atoms with Gasteiger partial charge in [0.2, 0.25) is 0 Å². The summed E-state index contributed by atoms with van der Waals surface area (Å²) < 4.78 is 1.23. The second-order valence-corrected chi connectivity index (χ2v) is 7.82. The molecule has 1 aromatic heterocycles. The van der Waals surface area contributed by atoms with Gasteiger partial charge in [0.15, 0.2) is 0 Å². The van der Waals surface area contributed by atoms with Crippen LogP contribution in [0.2, 0.25) is 0 Å². The molecule has 0 fully saturated rings. The monoisotopic (exact) mass is 345 g/mol. The molecule has 0 radical (unpaired) electrons. The van der Waals surface area contributed by atoms with E-state index in [2.05, 4.69) is 47.2 Å². The van der Waals surface area contributed by atoms with E-state index < -0.39 is 0 Å². The predicted molar refractivity (Wildman–Crippen MR) is 90.9 cm³/mol. The number of hydrogen-bond acceptors (Lipinski definition) is 2. The number of thiophene rings is 1. The van der Waals surface area contributed by atoms with Crippen LogP contribution in [-0.4, -0.2) is 6.04 Å². The molecule has 0 aliphatic rings. The van der Waals surface area contributed by atoms with Crippen molar-refractivity contribution in [3.05, 3.63) is 20.8 Å². The van der Waals surface area contributed by atoms with E-state index >= 15 is 0 Å². The lowest BCUT2D eigenvalue weighted by Crippen LogP contribution is -2.28. The molecule has 1 aromatic rings. The van der Waals surface area contributed by atoms with Crippen molar-refractivity contribution < 1.29 is 0 Å². The van der Waals surface area contributed by atoms with Gasteiger partial charge in [0, 0.05) is 17.5 Å². The number of unbranched alkanes of at least 4 members (excludes halogenated alkanes) is 4. The highest BCUT2D eigenvalue weighted by molar-refractivity contribution is 9.11. The first-order valence-corrected chi connectivity index (χ1v) is 9.34. The Bertz CT molecular complexity index is 314. The maximum Gasteiger partial charge on any atom is 0.0701 e. The van der Waals surface area contributed by atoms with Gasteiger partial charge in [-0.05, 0) is 40.9 Å². The molecular weight excluding hydrogens is 318 g/mol. The van der Waals surface area contributed by atoms with Crippen molar-refractivity contribution in [1.82, 2.24) is 5.32 Å². The Morgan fingerprint density at radius 2 is 1.68 bits per heavy atom. The Balaban J connectivity index is 2.29. The molecule has 0 amide bonds. The smallest absolute Gasteiger partial charge is 0.0701 e. The molecule has 0 saturated heterocycles. The summed E-state index contributed by atoms with van der Waals surface area (Å²) in [6.07, 6.45) is 10.8. The molecule has 0 unspecified atom stereocenters. The summed E-state index contributed by atoms with van der Waals surface area (Å²) in [4.78, 5) is 1.43. The van der Waals surface area contributed by atoms with Crippen LogP contribution in [0.5, 0.6) is 0 Å². The van der Waals surface area contributed by atoms with E-state index in [-0.39, 0.29) is 0 Å². The summed E-state index contributed by atoms with van der Waals surface area (Å²) in [5.74, 6) is 0. The first-order valence-electron chi connectivity index (χ1n) is 7.73. The molecule has 3 heteroatoms. The Morgan fingerprint density at radius 1 is 1.05 bits per heavy atom. The largest absolute Gasteiger partial charge is 0.309 e. The van der Waals surface area contributed by atoms with E-state index in [1.807, 2.05) is 11.3 Å². The van der Waals surface area contributed by atoms with E-state index in [1.165, 1.54) is 60.0 Å². The topological polar surface area (TPSA) is 12.0 Å². The van der Waals surface area contributed by atoms with Crippen molar-refractivity contribution in [2.24, 2.45) is 0 Å². The molecule has 19 heavy (non-hydrogen) atoms. The number of rotatable bonds is 11. The van der Waals surface area contributed by atoms with Gasteiger partial charge in [-0.2, -0.15) is 0 Å². The van der Waals surface area contributed by atoms with Crippen molar-refractivity contribution >= 4 is 27.3 Å². The minimum absolute atomic E-state index is 0.707. The Morgan fingerprint density at radius 3 is 2.16 bits per heavy atom. The first-order chi connectivity index (χ1) is 9.26. The summed E-state index contributed by atoms with van der Waals surface area (Å²) in [7, 11) is 0.